The standard InChI is InChI=1S/C18H25N3O2/c1-6-17(18-12(3)21-23-13(18)4)19-11(2)15-8-7-9-16(10-15)20-14(5)22/h7-11,17,19H,6H2,1-5H3,(H,20,22)/t11-,17+/m0/s1. The Balaban J connectivity index is 2.17. The summed E-state index contributed by atoms with van der Waals surface area (Å²) in [4.78, 5) is 11.2. The van der Waals surface area contributed by atoms with Crippen molar-refractivity contribution in [1.29, 1.82) is 0 Å². The first kappa shape index (κ1) is 17.2. The Labute approximate surface area is 137 Å². The van der Waals surface area contributed by atoms with Gasteiger partial charge in [0, 0.05) is 30.3 Å². The van der Waals surface area contributed by atoms with Crippen molar-refractivity contribution >= 4 is 11.6 Å². The highest BCUT2D eigenvalue weighted by Crippen LogP contribution is 2.27. The van der Waals surface area contributed by atoms with Gasteiger partial charge in [-0.05, 0) is 44.9 Å². The summed E-state index contributed by atoms with van der Waals surface area (Å²) < 4.78 is 5.29. The predicted octanol–water partition coefficient (Wildman–Crippen LogP) is 4.05. The number of aromatic nitrogens is 1. The summed E-state index contributed by atoms with van der Waals surface area (Å²) >= 11 is 0. The van der Waals surface area contributed by atoms with Gasteiger partial charge in [-0.1, -0.05) is 24.2 Å². The van der Waals surface area contributed by atoms with E-state index in [0.29, 0.717) is 0 Å². The molecule has 5 heteroatoms. The van der Waals surface area contributed by atoms with Gasteiger partial charge in [0.25, 0.3) is 0 Å². The predicted molar refractivity (Wildman–Crippen MR) is 91.3 cm³/mol. The Kier molecular flexibility index (Phi) is 5.55. The summed E-state index contributed by atoms with van der Waals surface area (Å²) in [5, 5.41) is 10.5. The second-order valence-electron chi connectivity index (χ2n) is 5.89. The molecule has 0 saturated carbocycles. The lowest BCUT2D eigenvalue weighted by Gasteiger charge is -2.23. The molecule has 0 aliphatic carbocycles. The maximum absolute atomic E-state index is 11.2. The van der Waals surface area contributed by atoms with Crippen LogP contribution in [0.5, 0.6) is 0 Å². The summed E-state index contributed by atoms with van der Waals surface area (Å²) in [6.07, 6.45) is 0.943. The zero-order valence-electron chi connectivity index (χ0n) is 14.4. The average Bonchev–Trinajstić information content (AvgIpc) is 2.83. The molecule has 1 aromatic carbocycles. The van der Waals surface area contributed by atoms with Crippen LogP contribution in [0.4, 0.5) is 5.69 Å². The van der Waals surface area contributed by atoms with Crippen molar-refractivity contribution in [2.45, 2.75) is 53.1 Å². The van der Waals surface area contributed by atoms with Gasteiger partial charge in [-0.25, -0.2) is 0 Å². The van der Waals surface area contributed by atoms with Crippen molar-refractivity contribution in [1.82, 2.24) is 10.5 Å². The SMILES string of the molecule is CC[C@@H](N[C@@H](C)c1cccc(NC(C)=O)c1)c1c(C)noc1C. The number of nitrogens with one attached hydrogen (secondary N) is 2. The molecule has 1 amide bonds. The van der Waals surface area contributed by atoms with Gasteiger partial charge in [0.2, 0.25) is 5.91 Å². The first-order valence-electron chi connectivity index (χ1n) is 7.98. The molecule has 2 rings (SSSR count). The molecule has 0 radical (unpaired) electrons. The van der Waals surface area contributed by atoms with E-state index in [1.165, 1.54) is 6.92 Å². The van der Waals surface area contributed by atoms with Crippen molar-refractivity contribution < 1.29 is 9.32 Å². The van der Waals surface area contributed by atoms with E-state index in [1.807, 2.05) is 32.0 Å². The molecule has 2 atom stereocenters. The van der Waals surface area contributed by atoms with Gasteiger partial charge in [-0.3, -0.25) is 4.79 Å². The Morgan fingerprint density at radius 1 is 1.35 bits per heavy atom. The fourth-order valence-corrected chi connectivity index (χ4v) is 2.88. The summed E-state index contributed by atoms with van der Waals surface area (Å²) in [6, 6.07) is 8.23. The molecule has 0 bridgehead atoms. The zero-order valence-corrected chi connectivity index (χ0v) is 14.4. The smallest absolute Gasteiger partial charge is 0.221 e. The number of rotatable bonds is 6. The molecule has 0 unspecified atom stereocenters. The van der Waals surface area contributed by atoms with Crippen LogP contribution in [0.25, 0.3) is 0 Å². The van der Waals surface area contributed by atoms with E-state index in [-0.39, 0.29) is 18.0 Å². The first-order chi connectivity index (χ1) is 10.9. The highest BCUT2D eigenvalue weighted by atomic mass is 16.5. The van der Waals surface area contributed by atoms with Crippen LogP contribution in [0.15, 0.2) is 28.8 Å². The quantitative estimate of drug-likeness (QED) is 0.844. The molecule has 23 heavy (non-hydrogen) atoms. The lowest BCUT2D eigenvalue weighted by molar-refractivity contribution is -0.114. The lowest BCUT2D eigenvalue weighted by Crippen LogP contribution is -2.25. The number of benzene rings is 1. The van der Waals surface area contributed by atoms with E-state index >= 15 is 0 Å². The van der Waals surface area contributed by atoms with Crippen molar-refractivity contribution in [2.75, 3.05) is 5.32 Å². The number of amides is 1. The highest BCUT2D eigenvalue weighted by molar-refractivity contribution is 5.88. The van der Waals surface area contributed by atoms with E-state index in [0.717, 1.165) is 34.7 Å². The molecular weight excluding hydrogens is 290 g/mol. The topological polar surface area (TPSA) is 67.2 Å². The van der Waals surface area contributed by atoms with Crippen LogP contribution >= 0.6 is 0 Å². The van der Waals surface area contributed by atoms with Gasteiger partial charge in [0.05, 0.1) is 5.69 Å². The summed E-state index contributed by atoms with van der Waals surface area (Å²) in [5.74, 6) is 0.797. The molecule has 0 saturated heterocycles. The largest absolute Gasteiger partial charge is 0.361 e. The number of anilines is 1. The van der Waals surface area contributed by atoms with Gasteiger partial charge < -0.3 is 15.2 Å². The minimum absolute atomic E-state index is 0.0649. The Bertz CT molecular complexity index is 659. The van der Waals surface area contributed by atoms with E-state index in [4.69, 9.17) is 4.52 Å². The van der Waals surface area contributed by atoms with Gasteiger partial charge >= 0.3 is 0 Å². The second kappa shape index (κ2) is 7.42. The van der Waals surface area contributed by atoms with Crippen LogP contribution in [0, 0.1) is 13.8 Å². The number of nitrogens with zero attached hydrogens (tertiary/aromatic N) is 1. The molecule has 0 aliphatic rings. The summed E-state index contributed by atoms with van der Waals surface area (Å²) in [5.41, 5.74) is 4.01. The van der Waals surface area contributed by atoms with Crippen LogP contribution in [-0.4, -0.2) is 11.1 Å². The zero-order chi connectivity index (χ0) is 17.0. The molecule has 2 N–H and O–H groups in total. The van der Waals surface area contributed by atoms with Crippen LogP contribution in [0.1, 0.15) is 61.9 Å². The van der Waals surface area contributed by atoms with Crippen molar-refractivity contribution in [3.8, 4) is 0 Å². The van der Waals surface area contributed by atoms with Crippen molar-refractivity contribution in [3.05, 3.63) is 46.8 Å². The van der Waals surface area contributed by atoms with E-state index < -0.39 is 0 Å². The number of carbonyl (C=O) groups is 1. The van der Waals surface area contributed by atoms with Gasteiger partial charge in [0.1, 0.15) is 5.76 Å². The maximum atomic E-state index is 11.2. The monoisotopic (exact) mass is 315 g/mol. The lowest BCUT2D eigenvalue weighted by atomic mass is 10.00. The first-order valence-corrected chi connectivity index (χ1v) is 7.98. The summed E-state index contributed by atoms with van der Waals surface area (Å²) in [6.45, 7) is 9.69. The second-order valence-corrected chi connectivity index (χ2v) is 5.89. The molecule has 5 nitrogen and oxygen atoms in total. The average molecular weight is 315 g/mol. The normalized spacial score (nSPS) is 13.6. The molecular formula is C18H25N3O2. The third kappa shape index (κ3) is 4.20. The minimum Gasteiger partial charge on any atom is -0.361 e. The molecule has 2 aromatic rings. The van der Waals surface area contributed by atoms with Gasteiger partial charge in [0.15, 0.2) is 0 Å². The third-order valence-corrected chi connectivity index (χ3v) is 4.00. The number of aryl methyl sites for hydroxylation is 2. The molecule has 1 heterocycles. The van der Waals surface area contributed by atoms with E-state index in [1.54, 1.807) is 0 Å². The highest BCUT2D eigenvalue weighted by Gasteiger charge is 2.21. The molecule has 0 aliphatic heterocycles. The van der Waals surface area contributed by atoms with Crippen molar-refractivity contribution in [2.24, 2.45) is 0 Å². The summed E-state index contributed by atoms with van der Waals surface area (Å²) in [7, 11) is 0. The Morgan fingerprint density at radius 3 is 2.65 bits per heavy atom. The van der Waals surface area contributed by atoms with Gasteiger partial charge in [-0.2, -0.15) is 0 Å². The van der Waals surface area contributed by atoms with Crippen LogP contribution in [-0.2, 0) is 4.79 Å². The van der Waals surface area contributed by atoms with E-state index in [9.17, 15) is 4.79 Å². The van der Waals surface area contributed by atoms with Crippen LogP contribution in [0.2, 0.25) is 0 Å². The molecule has 1 aromatic heterocycles. The Hall–Kier alpha value is -2.14. The van der Waals surface area contributed by atoms with Crippen LogP contribution in [0.3, 0.4) is 0 Å². The fourth-order valence-electron chi connectivity index (χ4n) is 2.88. The molecule has 124 valence electrons. The minimum atomic E-state index is -0.0649. The fraction of sp³-hybridized carbons (Fsp3) is 0.444. The van der Waals surface area contributed by atoms with E-state index in [2.05, 4.69) is 35.7 Å². The van der Waals surface area contributed by atoms with Crippen molar-refractivity contribution in [3.63, 3.8) is 0 Å². The number of hydrogen-bond acceptors (Lipinski definition) is 4. The number of carbonyl (C=O) groups excluding carboxylic acids is 1. The third-order valence-electron chi connectivity index (χ3n) is 4.00. The Morgan fingerprint density at radius 2 is 2.09 bits per heavy atom. The van der Waals surface area contributed by atoms with Crippen LogP contribution < -0.4 is 10.6 Å². The van der Waals surface area contributed by atoms with Gasteiger partial charge in [-0.15, -0.1) is 0 Å². The maximum Gasteiger partial charge on any atom is 0.221 e. The number of hydrogen-bond donors (Lipinski definition) is 2. The molecule has 0 fully saturated rings. The molecule has 0 spiro atoms.